The highest BCUT2D eigenvalue weighted by Crippen LogP contribution is 2.35. The fraction of sp³-hybridized carbons (Fsp3) is 0.500. The number of carbonyl (C=O) groups excluding carboxylic acids is 1. The molecule has 0 radical (unpaired) electrons. The predicted molar refractivity (Wildman–Crippen MR) is 131 cm³/mol. The number of piperidine rings is 1. The number of ether oxygens (including phenoxy) is 1. The average molecular weight is 514 g/mol. The van der Waals surface area contributed by atoms with Crippen molar-refractivity contribution in [3.63, 3.8) is 0 Å². The van der Waals surface area contributed by atoms with Crippen molar-refractivity contribution in [3.05, 3.63) is 65.7 Å². The Labute approximate surface area is 208 Å². The van der Waals surface area contributed by atoms with Crippen LogP contribution in [0.1, 0.15) is 44.2 Å². The molecule has 5 nitrogen and oxygen atoms in total. The second-order valence-electron chi connectivity index (χ2n) is 8.38. The summed E-state index contributed by atoms with van der Waals surface area (Å²) in [5.74, 6) is -0.260. The van der Waals surface area contributed by atoms with Crippen LogP contribution in [-0.4, -0.2) is 47.3 Å². The lowest BCUT2D eigenvalue weighted by molar-refractivity contribution is -0.146. The molecule has 3 rings (SSSR count). The Hall–Kier alpha value is -2.39. The van der Waals surface area contributed by atoms with E-state index in [1.165, 1.54) is 19.2 Å². The highest BCUT2D eigenvalue weighted by Gasteiger charge is 2.40. The molecule has 9 heteroatoms. The number of hydrogen-bond donors (Lipinski definition) is 0. The normalized spacial score (nSPS) is 20.2. The van der Waals surface area contributed by atoms with Gasteiger partial charge in [-0.2, -0.15) is 13.2 Å². The molecule has 194 valence electrons. The van der Waals surface area contributed by atoms with Crippen molar-refractivity contribution < 1.29 is 31.1 Å². The first kappa shape index (κ1) is 28.8. The Morgan fingerprint density at radius 2 is 1.83 bits per heavy atom. The molecule has 0 spiro atoms. The van der Waals surface area contributed by atoms with Crippen LogP contribution in [0.2, 0.25) is 0 Å². The molecule has 1 heterocycles. The van der Waals surface area contributed by atoms with Crippen molar-refractivity contribution in [3.8, 4) is 5.75 Å². The zero-order valence-electron chi connectivity index (χ0n) is 20.6. The average Bonchev–Trinajstić information content (AvgIpc) is 2.84. The number of hydrogen-bond acceptors (Lipinski definition) is 5. The van der Waals surface area contributed by atoms with Crippen LogP contribution >= 0.6 is 0 Å². The van der Waals surface area contributed by atoms with Crippen LogP contribution in [0, 0.1) is 11.8 Å². The predicted octanol–water partition coefficient (Wildman–Crippen LogP) is 5.73. The highest BCUT2D eigenvalue weighted by molar-refractivity contribution is 7.81. The molecule has 0 amide bonds. The van der Waals surface area contributed by atoms with Gasteiger partial charge in [-0.25, -0.2) is 4.21 Å². The van der Waals surface area contributed by atoms with Crippen LogP contribution in [0.3, 0.4) is 0 Å². The fourth-order valence-electron chi connectivity index (χ4n) is 4.42. The number of halogens is 3. The molecule has 0 bridgehead atoms. The maximum atomic E-state index is 12.6. The van der Waals surface area contributed by atoms with Crippen molar-refractivity contribution in [2.75, 3.05) is 26.7 Å². The monoisotopic (exact) mass is 513 g/mol. The summed E-state index contributed by atoms with van der Waals surface area (Å²) in [7, 11) is 1.40. The molecule has 2 aromatic rings. The summed E-state index contributed by atoms with van der Waals surface area (Å²) >= 11 is -3.40. The van der Waals surface area contributed by atoms with Gasteiger partial charge in [-0.3, -0.25) is 4.79 Å². The van der Waals surface area contributed by atoms with Gasteiger partial charge < -0.3 is 13.8 Å². The molecule has 2 aromatic carbocycles. The van der Waals surface area contributed by atoms with Gasteiger partial charge >= 0.3 is 22.6 Å². The summed E-state index contributed by atoms with van der Waals surface area (Å²) in [6, 6.07) is 16.2. The van der Waals surface area contributed by atoms with E-state index in [1.54, 1.807) is 6.07 Å². The molecular formula is C26H34F3NO4S. The fourth-order valence-corrected chi connectivity index (χ4v) is 4.80. The first-order valence-corrected chi connectivity index (χ1v) is 12.9. The lowest BCUT2D eigenvalue weighted by atomic mass is 9.81. The van der Waals surface area contributed by atoms with Crippen molar-refractivity contribution >= 4 is 17.0 Å². The van der Waals surface area contributed by atoms with Gasteiger partial charge in [-0.15, -0.1) is 0 Å². The molecule has 1 aliphatic heterocycles. The number of methoxy groups -OCH3 is 1. The van der Waals surface area contributed by atoms with Crippen molar-refractivity contribution in [1.82, 2.24) is 4.90 Å². The van der Waals surface area contributed by atoms with E-state index in [9.17, 15) is 22.2 Å². The molecule has 1 saturated heterocycles. The van der Waals surface area contributed by atoms with Crippen LogP contribution in [0.5, 0.6) is 5.75 Å². The Morgan fingerprint density at radius 1 is 1.14 bits per heavy atom. The van der Waals surface area contributed by atoms with E-state index in [0.29, 0.717) is 13.0 Å². The molecular weight excluding hydrogens is 479 g/mol. The zero-order valence-corrected chi connectivity index (χ0v) is 21.4. The SMILES string of the molecule is CC.COC(=O)C(Cc1ccccc1)CN1CCC(c2cccc(OS(=O)C(F)(F)F)c2)C(C)C1. The molecule has 0 aliphatic carbocycles. The summed E-state index contributed by atoms with van der Waals surface area (Å²) in [5.41, 5.74) is -3.00. The second-order valence-corrected chi connectivity index (χ2v) is 9.48. The summed E-state index contributed by atoms with van der Waals surface area (Å²) < 4.78 is 58.6. The minimum Gasteiger partial charge on any atom is -0.469 e. The Bertz CT molecular complexity index is 955. The van der Waals surface area contributed by atoms with Gasteiger partial charge in [0.2, 0.25) is 0 Å². The number of esters is 1. The molecule has 4 atom stereocenters. The van der Waals surface area contributed by atoms with Crippen LogP contribution < -0.4 is 4.18 Å². The molecule has 35 heavy (non-hydrogen) atoms. The number of nitrogens with zero attached hydrogens (tertiary/aromatic N) is 1. The molecule has 0 saturated carbocycles. The van der Waals surface area contributed by atoms with Gasteiger partial charge in [0.25, 0.3) is 0 Å². The number of benzene rings is 2. The third kappa shape index (κ3) is 8.65. The van der Waals surface area contributed by atoms with Crippen molar-refractivity contribution in [1.29, 1.82) is 0 Å². The third-order valence-corrected chi connectivity index (χ3v) is 6.70. The summed E-state index contributed by atoms with van der Waals surface area (Å²) in [6.45, 7) is 8.15. The summed E-state index contributed by atoms with van der Waals surface area (Å²) in [4.78, 5) is 14.6. The summed E-state index contributed by atoms with van der Waals surface area (Å²) in [6.07, 6.45) is 1.38. The number of carbonyl (C=O) groups is 1. The molecule has 0 N–H and O–H groups in total. The van der Waals surface area contributed by atoms with Crippen molar-refractivity contribution in [2.24, 2.45) is 11.8 Å². The third-order valence-electron chi connectivity index (χ3n) is 5.97. The van der Waals surface area contributed by atoms with Gasteiger partial charge in [-0.05, 0) is 54.5 Å². The first-order chi connectivity index (χ1) is 16.7. The van der Waals surface area contributed by atoms with E-state index in [4.69, 9.17) is 4.74 Å². The Kier molecular flexibility index (Phi) is 11.2. The van der Waals surface area contributed by atoms with E-state index in [-0.39, 0.29) is 29.5 Å². The van der Waals surface area contributed by atoms with E-state index in [0.717, 1.165) is 30.6 Å². The molecule has 4 unspecified atom stereocenters. The van der Waals surface area contributed by atoms with Gasteiger partial charge in [0.15, 0.2) is 0 Å². The highest BCUT2D eigenvalue weighted by atomic mass is 32.2. The lowest BCUT2D eigenvalue weighted by Gasteiger charge is -2.38. The van der Waals surface area contributed by atoms with Crippen LogP contribution in [-0.2, 0) is 27.0 Å². The van der Waals surface area contributed by atoms with Crippen LogP contribution in [0.4, 0.5) is 13.2 Å². The smallest absolute Gasteiger partial charge is 0.469 e. The number of likely N-dealkylation sites (tertiary alicyclic amines) is 1. The quantitative estimate of drug-likeness (QED) is 0.422. The van der Waals surface area contributed by atoms with Crippen LogP contribution in [0.25, 0.3) is 0 Å². The van der Waals surface area contributed by atoms with Gasteiger partial charge in [0, 0.05) is 13.1 Å². The largest absolute Gasteiger partial charge is 0.508 e. The summed E-state index contributed by atoms with van der Waals surface area (Å²) in [5, 5.41) is 0. The first-order valence-electron chi connectivity index (χ1n) is 11.8. The Balaban J connectivity index is 0.00000210. The molecule has 1 aliphatic rings. The minimum absolute atomic E-state index is 0.0635. The van der Waals surface area contributed by atoms with Gasteiger partial charge in [-0.1, -0.05) is 63.2 Å². The zero-order chi connectivity index (χ0) is 26.0. The maximum absolute atomic E-state index is 12.6. The van der Waals surface area contributed by atoms with E-state index in [2.05, 4.69) is 16.0 Å². The van der Waals surface area contributed by atoms with Gasteiger partial charge in [0.1, 0.15) is 5.75 Å². The lowest BCUT2D eigenvalue weighted by Crippen LogP contribution is -2.43. The van der Waals surface area contributed by atoms with Crippen molar-refractivity contribution in [2.45, 2.75) is 45.0 Å². The van der Waals surface area contributed by atoms with E-state index < -0.39 is 16.6 Å². The molecule has 1 fully saturated rings. The topological polar surface area (TPSA) is 55.8 Å². The van der Waals surface area contributed by atoms with E-state index in [1.807, 2.05) is 50.2 Å². The number of alkyl halides is 3. The Morgan fingerprint density at radius 3 is 2.43 bits per heavy atom. The van der Waals surface area contributed by atoms with E-state index >= 15 is 0 Å². The van der Waals surface area contributed by atoms with Crippen LogP contribution in [0.15, 0.2) is 54.6 Å². The maximum Gasteiger partial charge on any atom is 0.508 e. The minimum atomic E-state index is -4.93. The number of rotatable bonds is 8. The molecule has 0 aromatic heterocycles. The van der Waals surface area contributed by atoms with Gasteiger partial charge in [0.05, 0.1) is 13.0 Å². The standard InChI is InChI=1S/C24H28F3NO4S.C2H6/c1-17-15-28(16-20(23(29)31-2)13-18-7-4-3-5-8-18)12-11-22(17)19-9-6-10-21(14-19)32-33(30)24(25,26)27;1-2/h3-10,14,17,20,22H,11-13,15-16H2,1-2H3;1-2H3. The second kappa shape index (κ2) is 13.6.